The fraction of sp³-hybridized carbons (Fsp3) is 0.174. The van der Waals surface area contributed by atoms with E-state index in [1.165, 1.54) is 22.2 Å². The minimum atomic E-state index is 0.754. The number of halogens is 1. The Hall–Kier alpha value is -2.62. The summed E-state index contributed by atoms with van der Waals surface area (Å²) in [5.41, 5.74) is 6.02. The van der Waals surface area contributed by atoms with Crippen molar-refractivity contribution in [2.24, 2.45) is 0 Å². The lowest BCUT2D eigenvalue weighted by atomic mass is 10.1. The lowest BCUT2D eigenvalue weighted by molar-refractivity contribution is 0.674. The standard InChI is InChI=1S/C23H22ClN3/c1-17-21(15-25-14-19-9-6-7-13-26-19)20-10-3-5-12-23(20)27(17)16-18-8-2-4-11-22(18)24/h2-13,25H,14-16H2,1H3. The molecule has 1 N–H and O–H groups in total. The van der Waals surface area contributed by atoms with Crippen LogP contribution >= 0.6 is 11.6 Å². The predicted molar refractivity (Wildman–Crippen MR) is 112 cm³/mol. The minimum absolute atomic E-state index is 0.754. The van der Waals surface area contributed by atoms with Gasteiger partial charge in [0, 0.05) is 47.5 Å². The van der Waals surface area contributed by atoms with E-state index in [1.54, 1.807) is 0 Å². The van der Waals surface area contributed by atoms with E-state index in [4.69, 9.17) is 11.6 Å². The van der Waals surface area contributed by atoms with E-state index < -0.39 is 0 Å². The SMILES string of the molecule is Cc1c(CNCc2ccccn2)c2ccccc2n1Cc1ccccc1Cl. The Labute approximate surface area is 164 Å². The third-order valence-corrected chi connectivity index (χ3v) is 5.35. The molecular weight excluding hydrogens is 354 g/mol. The van der Waals surface area contributed by atoms with Gasteiger partial charge in [-0.1, -0.05) is 54.1 Å². The molecule has 0 unspecified atom stereocenters. The van der Waals surface area contributed by atoms with Gasteiger partial charge < -0.3 is 9.88 Å². The molecule has 0 aliphatic heterocycles. The molecule has 0 radical (unpaired) electrons. The fourth-order valence-electron chi connectivity index (χ4n) is 3.54. The molecule has 2 aromatic carbocycles. The van der Waals surface area contributed by atoms with Gasteiger partial charge in [-0.2, -0.15) is 0 Å². The molecule has 0 spiro atoms. The summed E-state index contributed by atoms with van der Waals surface area (Å²) in [5.74, 6) is 0. The van der Waals surface area contributed by atoms with Gasteiger partial charge in [0.25, 0.3) is 0 Å². The van der Waals surface area contributed by atoms with Crippen molar-refractivity contribution in [2.45, 2.75) is 26.6 Å². The summed E-state index contributed by atoms with van der Waals surface area (Å²) >= 11 is 6.40. The van der Waals surface area contributed by atoms with Crippen molar-refractivity contribution in [1.82, 2.24) is 14.9 Å². The van der Waals surface area contributed by atoms with Crippen molar-refractivity contribution >= 4 is 22.5 Å². The predicted octanol–water partition coefficient (Wildman–Crippen LogP) is 5.34. The molecule has 4 rings (SSSR count). The molecule has 0 saturated heterocycles. The maximum Gasteiger partial charge on any atom is 0.0541 e. The average molecular weight is 376 g/mol. The Kier molecular flexibility index (Phi) is 5.23. The smallest absolute Gasteiger partial charge is 0.0541 e. The zero-order chi connectivity index (χ0) is 18.6. The van der Waals surface area contributed by atoms with Gasteiger partial charge in [-0.3, -0.25) is 4.98 Å². The molecule has 2 heterocycles. The van der Waals surface area contributed by atoms with Crippen molar-refractivity contribution in [3.05, 3.63) is 100 Å². The van der Waals surface area contributed by atoms with Crippen LogP contribution in [0.1, 0.15) is 22.5 Å². The summed E-state index contributed by atoms with van der Waals surface area (Å²) in [6.07, 6.45) is 1.83. The Morgan fingerprint density at radius 1 is 0.926 bits per heavy atom. The summed E-state index contributed by atoms with van der Waals surface area (Å²) in [4.78, 5) is 4.38. The van der Waals surface area contributed by atoms with Crippen LogP contribution in [0.15, 0.2) is 72.9 Å². The van der Waals surface area contributed by atoms with Crippen LogP contribution in [-0.2, 0) is 19.6 Å². The molecule has 0 aliphatic carbocycles. The van der Waals surface area contributed by atoms with E-state index in [0.29, 0.717) is 0 Å². The number of rotatable bonds is 6. The van der Waals surface area contributed by atoms with Crippen LogP contribution in [0.2, 0.25) is 5.02 Å². The van der Waals surface area contributed by atoms with E-state index in [0.717, 1.165) is 35.9 Å². The lowest BCUT2D eigenvalue weighted by Crippen LogP contribution is -2.14. The van der Waals surface area contributed by atoms with Crippen molar-refractivity contribution in [1.29, 1.82) is 0 Å². The molecule has 136 valence electrons. The highest BCUT2D eigenvalue weighted by Crippen LogP contribution is 2.28. The van der Waals surface area contributed by atoms with Gasteiger partial charge in [0.15, 0.2) is 0 Å². The number of hydrogen-bond acceptors (Lipinski definition) is 2. The Morgan fingerprint density at radius 2 is 1.70 bits per heavy atom. The topological polar surface area (TPSA) is 29.9 Å². The highest BCUT2D eigenvalue weighted by Gasteiger charge is 2.14. The van der Waals surface area contributed by atoms with Gasteiger partial charge in [-0.25, -0.2) is 0 Å². The number of fused-ring (bicyclic) bond motifs is 1. The first-order valence-corrected chi connectivity index (χ1v) is 9.52. The third kappa shape index (κ3) is 3.75. The summed E-state index contributed by atoms with van der Waals surface area (Å²) in [6, 6.07) is 22.6. The highest BCUT2D eigenvalue weighted by atomic mass is 35.5. The number of para-hydroxylation sites is 1. The second-order valence-corrected chi connectivity index (χ2v) is 7.09. The number of pyridine rings is 1. The Bertz CT molecular complexity index is 1050. The first kappa shape index (κ1) is 17.8. The summed E-state index contributed by atoms with van der Waals surface area (Å²) in [5, 5.41) is 5.63. The summed E-state index contributed by atoms with van der Waals surface area (Å²) in [7, 11) is 0. The number of nitrogens with zero attached hydrogens (tertiary/aromatic N) is 2. The molecule has 0 saturated carbocycles. The number of hydrogen-bond donors (Lipinski definition) is 1. The molecular formula is C23H22ClN3. The monoisotopic (exact) mass is 375 g/mol. The maximum atomic E-state index is 6.40. The second kappa shape index (κ2) is 7.95. The molecule has 0 fully saturated rings. The molecule has 27 heavy (non-hydrogen) atoms. The van der Waals surface area contributed by atoms with Crippen molar-refractivity contribution in [3.63, 3.8) is 0 Å². The Morgan fingerprint density at radius 3 is 2.52 bits per heavy atom. The third-order valence-electron chi connectivity index (χ3n) is 4.98. The van der Waals surface area contributed by atoms with Gasteiger partial charge in [0.1, 0.15) is 0 Å². The largest absolute Gasteiger partial charge is 0.340 e. The molecule has 3 nitrogen and oxygen atoms in total. The van der Waals surface area contributed by atoms with Crippen LogP contribution in [0.25, 0.3) is 10.9 Å². The maximum absolute atomic E-state index is 6.40. The second-order valence-electron chi connectivity index (χ2n) is 6.68. The fourth-order valence-corrected chi connectivity index (χ4v) is 3.74. The van der Waals surface area contributed by atoms with E-state index in [2.05, 4.69) is 52.1 Å². The van der Waals surface area contributed by atoms with Crippen LogP contribution < -0.4 is 5.32 Å². The van der Waals surface area contributed by atoms with Crippen LogP contribution in [0.3, 0.4) is 0 Å². The summed E-state index contributed by atoms with van der Waals surface area (Å²) in [6.45, 7) is 4.52. The van der Waals surface area contributed by atoms with Gasteiger partial charge in [0.2, 0.25) is 0 Å². The molecule has 2 aromatic heterocycles. The van der Waals surface area contributed by atoms with E-state index >= 15 is 0 Å². The quantitative estimate of drug-likeness (QED) is 0.493. The average Bonchev–Trinajstić information content (AvgIpc) is 2.96. The molecule has 0 atom stereocenters. The van der Waals surface area contributed by atoms with Gasteiger partial charge in [0.05, 0.1) is 5.69 Å². The number of benzene rings is 2. The molecule has 0 amide bonds. The Balaban J connectivity index is 1.63. The van der Waals surface area contributed by atoms with Crippen molar-refractivity contribution in [3.8, 4) is 0 Å². The zero-order valence-corrected chi connectivity index (χ0v) is 16.1. The molecule has 0 aliphatic rings. The van der Waals surface area contributed by atoms with Crippen LogP contribution in [0.5, 0.6) is 0 Å². The first-order chi connectivity index (χ1) is 13.2. The highest BCUT2D eigenvalue weighted by molar-refractivity contribution is 6.31. The van der Waals surface area contributed by atoms with Crippen molar-refractivity contribution in [2.75, 3.05) is 0 Å². The van der Waals surface area contributed by atoms with Crippen molar-refractivity contribution < 1.29 is 0 Å². The molecule has 0 bridgehead atoms. The molecule has 4 heteroatoms. The van der Waals surface area contributed by atoms with Crippen LogP contribution in [0.4, 0.5) is 0 Å². The van der Waals surface area contributed by atoms with Crippen LogP contribution in [-0.4, -0.2) is 9.55 Å². The van der Waals surface area contributed by atoms with Crippen LogP contribution in [0, 0.1) is 6.92 Å². The van der Waals surface area contributed by atoms with E-state index in [9.17, 15) is 0 Å². The van der Waals surface area contributed by atoms with E-state index in [-0.39, 0.29) is 0 Å². The lowest BCUT2D eigenvalue weighted by Gasteiger charge is -2.11. The number of nitrogens with one attached hydrogen (secondary N) is 1. The van der Waals surface area contributed by atoms with Gasteiger partial charge in [-0.05, 0) is 42.3 Å². The van der Waals surface area contributed by atoms with Gasteiger partial charge in [-0.15, -0.1) is 0 Å². The molecule has 4 aromatic rings. The number of aromatic nitrogens is 2. The van der Waals surface area contributed by atoms with E-state index in [1.807, 2.05) is 42.6 Å². The zero-order valence-electron chi connectivity index (χ0n) is 15.3. The first-order valence-electron chi connectivity index (χ1n) is 9.15. The van der Waals surface area contributed by atoms with Gasteiger partial charge >= 0.3 is 0 Å². The normalized spacial score (nSPS) is 11.2. The summed E-state index contributed by atoms with van der Waals surface area (Å²) < 4.78 is 2.36. The minimum Gasteiger partial charge on any atom is -0.340 e.